The maximum absolute atomic E-state index is 13.4. The number of anilines is 1. The summed E-state index contributed by atoms with van der Waals surface area (Å²) in [6.07, 6.45) is 0. The molecular formula is C27H30ClN3O4S. The Kier molecular flexibility index (Phi) is 8.64. The maximum atomic E-state index is 13.4. The summed E-state index contributed by atoms with van der Waals surface area (Å²) in [6.45, 7) is 5.99. The summed E-state index contributed by atoms with van der Waals surface area (Å²) in [5.74, 6) is -0.413. The lowest BCUT2D eigenvalue weighted by molar-refractivity contribution is -0.119. The number of hydrogen-bond acceptors (Lipinski definition) is 5. The highest BCUT2D eigenvalue weighted by Gasteiger charge is 2.27. The number of halogens is 1. The third kappa shape index (κ3) is 6.64. The Balaban J connectivity index is 1.44. The molecule has 1 heterocycles. The van der Waals surface area contributed by atoms with Crippen molar-refractivity contribution in [2.24, 2.45) is 0 Å². The second-order valence-electron chi connectivity index (χ2n) is 8.74. The zero-order chi connectivity index (χ0) is 25.5. The van der Waals surface area contributed by atoms with E-state index in [0.29, 0.717) is 17.3 Å². The largest absolute Gasteiger partial charge is 0.379 e. The number of carbonyl (C=O) groups is 1. The van der Waals surface area contributed by atoms with Gasteiger partial charge in [0.1, 0.15) is 6.54 Å². The average molecular weight is 528 g/mol. The van der Waals surface area contributed by atoms with Crippen molar-refractivity contribution in [1.82, 2.24) is 10.2 Å². The number of aryl methyl sites for hydroxylation is 1. The molecule has 0 unspecified atom stereocenters. The van der Waals surface area contributed by atoms with Crippen molar-refractivity contribution in [3.8, 4) is 0 Å². The minimum Gasteiger partial charge on any atom is -0.379 e. The van der Waals surface area contributed by atoms with Gasteiger partial charge in [-0.2, -0.15) is 0 Å². The highest BCUT2D eigenvalue weighted by molar-refractivity contribution is 7.92. The van der Waals surface area contributed by atoms with Gasteiger partial charge >= 0.3 is 0 Å². The molecule has 0 aromatic heterocycles. The molecule has 0 aliphatic carbocycles. The van der Waals surface area contributed by atoms with Crippen molar-refractivity contribution in [1.29, 1.82) is 0 Å². The van der Waals surface area contributed by atoms with Crippen LogP contribution in [0.15, 0.2) is 77.7 Å². The van der Waals surface area contributed by atoms with E-state index in [1.165, 1.54) is 17.7 Å². The first-order chi connectivity index (χ1) is 17.3. The lowest BCUT2D eigenvalue weighted by atomic mass is 10.1. The van der Waals surface area contributed by atoms with Gasteiger partial charge in [-0.05, 0) is 47.9 Å². The van der Waals surface area contributed by atoms with Gasteiger partial charge in [-0.1, -0.05) is 60.1 Å². The van der Waals surface area contributed by atoms with Crippen LogP contribution in [0, 0.1) is 6.92 Å². The summed E-state index contributed by atoms with van der Waals surface area (Å²) >= 11 is 6.27. The Labute approximate surface area is 217 Å². The molecule has 9 heteroatoms. The minimum atomic E-state index is -3.98. The number of hydrogen-bond donors (Lipinski definition) is 1. The molecule has 0 spiro atoms. The zero-order valence-electron chi connectivity index (χ0n) is 20.2. The SMILES string of the molecule is Cc1ccc(N(CC(=O)NCc2ccc(CN3CCOCC3)cc2)S(=O)(=O)c2ccccc2)cc1Cl. The summed E-state index contributed by atoms with van der Waals surface area (Å²) in [5, 5.41) is 3.27. The van der Waals surface area contributed by atoms with E-state index in [1.807, 2.05) is 19.1 Å². The second kappa shape index (κ2) is 11.9. The highest BCUT2D eigenvalue weighted by atomic mass is 35.5. The summed E-state index contributed by atoms with van der Waals surface area (Å²) in [7, 11) is -3.98. The van der Waals surface area contributed by atoms with Crippen LogP contribution in [0.5, 0.6) is 0 Å². The van der Waals surface area contributed by atoms with Gasteiger partial charge in [0, 0.05) is 31.2 Å². The first-order valence-corrected chi connectivity index (χ1v) is 13.6. The Bertz CT molecular complexity index is 1280. The normalized spacial score (nSPS) is 14.4. The van der Waals surface area contributed by atoms with Gasteiger partial charge in [0.25, 0.3) is 10.0 Å². The topological polar surface area (TPSA) is 79.0 Å². The molecular weight excluding hydrogens is 498 g/mol. The van der Waals surface area contributed by atoms with E-state index in [1.54, 1.807) is 36.4 Å². The molecule has 190 valence electrons. The molecule has 4 rings (SSSR count). The maximum Gasteiger partial charge on any atom is 0.264 e. The van der Waals surface area contributed by atoms with Gasteiger partial charge in [-0.3, -0.25) is 14.0 Å². The monoisotopic (exact) mass is 527 g/mol. The number of benzene rings is 3. The van der Waals surface area contributed by atoms with Crippen LogP contribution in [-0.4, -0.2) is 52.1 Å². The first-order valence-electron chi connectivity index (χ1n) is 11.8. The van der Waals surface area contributed by atoms with E-state index in [2.05, 4.69) is 22.3 Å². The van der Waals surface area contributed by atoms with Crippen molar-refractivity contribution >= 4 is 33.2 Å². The van der Waals surface area contributed by atoms with Crippen LogP contribution in [0.2, 0.25) is 5.02 Å². The molecule has 3 aromatic rings. The van der Waals surface area contributed by atoms with Crippen molar-refractivity contribution < 1.29 is 17.9 Å². The molecule has 1 aliphatic rings. The van der Waals surface area contributed by atoms with E-state index in [4.69, 9.17) is 16.3 Å². The van der Waals surface area contributed by atoms with E-state index in [-0.39, 0.29) is 11.4 Å². The van der Waals surface area contributed by atoms with Crippen LogP contribution < -0.4 is 9.62 Å². The number of nitrogens with one attached hydrogen (secondary N) is 1. The van der Waals surface area contributed by atoms with Crippen LogP contribution in [0.25, 0.3) is 0 Å². The van der Waals surface area contributed by atoms with Crippen LogP contribution in [0.3, 0.4) is 0 Å². The molecule has 1 N–H and O–H groups in total. The number of rotatable bonds is 9. The zero-order valence-corrected chi connectivity index (χ0v) is 21.8. The van der Waals surface area contributed by atoms with Gasteiger partial charge in [0.2, 0.25) is 5.91 Å². The molecule has 0 atom stereocenters. The summed E-state index contributed by atoms with van der Waals surface area (Å²) in [5.41, 5.74) is 3.28. The van der Waals surface area contributed by atoms with Gasteiger partial charge in [0.15, 0.2) is 0 Å². The average Bonchev–Trinajstić information content (AvgIpc) is 2.89. The number of morpholine rings is 1. The van der Waals surface area contributed by atoms with Gasteiger partial charge in [-0.25, -0.2) is 8.42 Å². The Morgan fingerprint density at radius 1 is 1.00 bits per heavy atom. The van der Waals surface area contributed by atoms with Crippen LogP contribution in [0.4, 0.5) is 5.69 Å². The van der Waals surface area contributed by atoms with E-state index in [9.17, 15) is 13.2 Å². The molecule has 1 fully saturated rings. The van der Waals surface area contributed by atoms with Crippen molar-refractivity contribution in [3.05, 3.63) is 94.5 Å². The van der Waals surface area contributed by atoms with Gasteiger partial charge < -0.3 is 10.1 Å². The standard InChI is InChI=1S/C27H30ClN3O4S/c1-21-7-12-24(17-26(21)28)31(36(33,34)25-5-3-2-4-6-25)20-27(32)29-18-22-8-10-23(11-9-22)19-30-13-15-35-16-14-30/h2-12,17H,13-16,18-20H2,1H3,(H,29,32). The molecule has 1 aliphatic heterocycles. The number of carbonyl (C=O) groups excluding carboxylic acids is 1. The van der Waals surface area contributed by atoms with Crippen molar-refractivity contribution in [2.45, 2.75) is 24.9 Å². The number of ether oxygens (including phenoxy) is 1. The Hall–Kier alpha value is -2.91. The fourth-order valence-corrected chi connectivity index (χ4v) is 5.55. The minimum absolute atomic E-state index is 0.102. The van der Waals surface area contributed by atoms with E-state index >= 15 is 0 Å². The molecule has 1 amide bonds. The molecule has 0 saturated carbocycles. The Morgan fingerprint density at radius 2 is 1.67 bits per heavy atom. The van der Waals surface area contributed by atoms with Gasteiger partial charge in [0.05, 0.1) is 23.8 Å². The fraction of sp³-hybridized carbons (Fsp3) is 0.296. The molecule has 1 saturated heterocycles. The van der Waals surface area contributed by atoms with Crippen LogP contribution in [-0.2, 0) is 32.6 Å². The van der Waals surface area contributed by atoms with E-state index < -0.39 is 15.9 Å². The van der Waals surface area contributed by atoms with Crippen molar-refractivity contribution in [3.63, 3.8) is 0 Å². The highest BCUT2D eigenvalue weighted by Crippen LogP contribution is 2.28. The molecule has 3 aromatic carbocycles. The third-order valence-corrected chi connectivity index (χ3v) is 8.28. The predicted octanol–water partition coefficient (Wildman–Crippen LogP) is 3.99. The Morgan fingerprint density at radius 3 is 2.33 bits per heavy atom. The smallest absolute Gasteiger partial charge is 0.264 e. The lowest BCUT2D eigenvalue weighted by Gasteiger charge is -2.26. The van der Waals surface area contributed by atoms with E-state index in [0.717, 1.165) is 48.3 Å². The number of nitrogens with zero attached hydrogens (tertiary/aromatic N) is 2. The predicted molar refractivity (Wildman–Crippen MR) is 142 cm³/mol. The lowest BCUT2D eigenvalue weighted by Crippen LogP contribution is -2.40. The second-order valence-corrected chi connectivity index (χ2v) is 11.0. The van der Waals surface area contributed by atoms with Gasteiger partial charge in [-0.15, -0.1) is 0 Å². The van der Waals surface area contributed by atoms with Crippen LogP contribution >= 0.6 is 11.6 Å². The van der Waals surface area contributed by atoms with Crippen LogP contribution in [0.1, 0.15) is 16.7 Å². The molecule has 7 nitrogen and oxygen atoms in total. The molecule has 0 bridgehead atoms. The first kappa shape index (κ1) is 26.2. The fourth-order valence-electron chi connectivity index (χ4n) is 3.94. The third-order valence-electron chi connectivity index (χ3n) is 6.08. The quantitative estimate of drug-likeness (QED) is 0.455. The summed E-state index contributed by atoms with van der Waals surface area (Å²) < 4.78 is 33.3. The summed E-state index contributed by atoms with van der Waals surface area (Å²) in [4.78, 5) is 15.3. The number of sulfonamides is 1. The number of amides is 1. The molecule has 0 radical (unpaired) electrons. The summed E-state index contributed by atoms with van der Waals surface area (Å²) in [6, 6.07) is 21.1. The molecule has 36 heavy (non-hydrogen) atoms. The van der Waals surface area contributed by atoms with Crippen molar-refractivity contribution in [2.75, 3.05) is 37.2 Å².